The van der Waals surface area contributed by atoms with Gasteiger partial charge in [-0.2, -0.15) is 0 Å². The number of aliphatic imine (C=N–C) groups is 2. The van der Waals surface area contributed by atoms with E-state index < -0.39 is 0 Å². The Labute approximate surface area is 211 Å². The fourth-order valence-electron chi connectivity index (χ4n) is 3.92. The minimum absolute atomic E-state index is 0.533. The molecule has 0 bridgehead atoms. The highest BCUT2D eigenvalue weighted by Gasteiger charge is 2.16. The first kappa shape index (κ1) is 23.4. The molecule has 0 saturated carbocycles. The van der Waals surface area contributed by atoms with Gasteiger partial charge in [-0.15, -0.1) is 0 Å². The predicted octanol–water partition coefficient (Wildman–Crippen LogP) is 7.90. The Hall–Kier alpha value is -3.78. The number of nitrogens with zero attached hydrogens (tertiary/aromatic N) is 2. The topological polar surface area (TPSA) is 24.7 Å². The number of benzene rings is 4. The van der Waals surface area contributed by atoms with Gasteiger partial charge in [-0.05, 0) is 69.0 Å². The van der Waals surface area contributed by atoms with E-state index >= 15 is 0 Å². The van der Waals surface area contributed by atoms with Crippen LogP contribution in [0.3, 0.4) is 0 Å². The summed E-state index contributed by atoms with van der Waals surface area (Å²) in [4.78, 5) is 8.14. The summed E-state index contributed by atoms with van der Waals surface area (Å²) in [6, 6.07) is 38.0. The van der Waals surface area contributed by atoms with Crippen molar-refractivity contribution >= 4 is 45.9 Å². The Morgan fingerprint density at radius 3 is 1.12 bits per heavy atom. The van der Waals surface area contributed by atoms with Crippen LogP contribution in [0.4, 0.5) is 0 Å². The molecule has 2 nitrogen and oxygen atoms in total. The van der Waals surface area contributed by atoms with Gasteiger partial charge < -0.3 is 0 Å². The van der Waals surface area contributed by atoms with Crippen molar-refractivity contribution in [1.82, 2.24) is 0 Å². The van der Waals surface area contributed by atoms with Crippen molar-refractivity contribution in [2.75, 3.05) is 0 Å². The van der Waals surface area contributed by atoms with Crippen LogP contribution in [-0.2, 0) is 13.1 Å². The van der Waals surface area contributed by atoms with Crippen molar-refractivity contribution in [2.24, 2.45) is 9.98 Å². The van der Waals surface area contributed by atoms with E-state index in [0.29, 0.717) is 13.1 Å². The molecule has 0 saturated heterocycles. The average Bonchev–Trinajstić information content (AvgIpc) is 2.91. The van der Waals surface area contributed by atoms with Crippen LogP contribution in [0.15, 0.2) is 119 Å². The molecule has 0 aromatic heterocycles. The molecule has 0 atom stereocenters. The van der Waals surface area contributed by atoms with Crippen molar-refractivity contribution in [2.45, 2.75) is 13.1 Å². The lowest BCUT2D eigenvalue weighted by Gasteiger charge is -2.18. The first-order valence-corrected chi connectivity index (χ1v) is 11.7. The highest BCUT2D eigenvalue weighted by Crippen LogP contribution is 2.37. The molecule has 0 heterocycles. The smallest absolute Gasteiger partial charge is 0.0743 e. The first-order chi connectivity index (χ1) is 16.8. The Balaban J connectivity index is 1.95. The molecule has 164 valence electrons. The number of thiocarbonyl (C=S) groups is 2. The molecule has 0 fully saturated rings. The maximum absolute atomic E-state index is 4.72. The van der Waals surface area contributed by atoms with Gasteiger partial charge in [0, 0.05) is 0 Å². The summed E-state index contributed by atoms with van der Waals surface area (Å²) in [6.45, 7) is 1.07. The van der Waals surface area contributed by atoms with E-state index in [2.05, 4.69) is 117 Å². The molecule has 0 aliphatic carbocycles. The standard InChI is InChI=1S/C30H22N2S2/c33-21-31-19-23-11-15-27(16-12-23)29(25-7-3-1-4-8-25)30(26-9-5-2-6-10-26)28-17-13-24(14-18-28)20-32-22-34/h1-18H,19-20H2. The van der Waals surface area contributed by atoms with Gasteiger partial charge in [-0.1, -0.05) is 109 Å². The number of isothiocyanates is 2. The van der Waals surface area contributed by atoms with Crippen LogP contribution in [-0.4, -0.2) is 10.3 Å². The zero-order chi connectivity index (χ0) is 23.6. The first-order valence-electron chi connectivity index (χ1n) is 10.9. The molecule has 0 N–H and O–H groups in total. The second-order valence-electron chi connectivity index (χ2n) is 7.69. The predicted molar refractivity (Wildman–Crippen MR) is 148 cm³/mol. The molecular formula is C30H22N2S2. The van der Waals surface area contributed by atoms with Gasteiger partial charge in [-0.25, -0.2) is 9.98 Å². The van der Waals surface area contributed by atoms with Gasteiger partial charge in [0.15, 0.2) is 0 Å². The minimum atomic E-state index is 0.533. The summed E-state index contributed by atoms with van der Waals surface area (Å²) < 4.78 is 0. The lowest BCUT2D eigenvalue weighted by Crippen LogP contribution is -1.98. The molecule has 0 amide bonds. The molecule has 0 unspecified atom stereocenters. The van der Waals surface area contributed by atoms with Crippen molar-refractivity contribution < 1.29 is 0 Å². The summed E-state index contributed by atoms with van der Waals surface area (Å²) in [5.74, 6) is 0. The van der Waals surface area contributed by atoms with Gasteiger partial charge in [-0.3, -0.25) is 0 Å². The Morgan fingerprint density at radius 1 is 0.471 bits per heavy atom. The third kappa shape index (κ3) is 5.77. The number of hydrogen-bond donors (Lipinski definition) is 0. The highest BCUT2D eigenvalue weighted by atomic mass is 32.1. The summed E-state index contributed by atoms with van der Waals surface area (Å²) >= 11 is 9.44. The number of hydrogen-bond acceptors (Lipinski definition) is 4. The van der Waals surface area contributed by atoms with Crippen LogP contribution in [0.25, 0.3) is 11.1 Å². The third-order valence-corrected chi connectivity index (χ3v) is 5.77. The van der Waals surface area contributed by atoms with Crippen LogP contribution in [0.1, 0.15) is 33.4 Å². The minimum Gasteiger partial charge on any atom is -0.228 e. The number of rotatable bonds is 8. The van der Waals surface area contributed by atoms with Gasteiger partial charge in [0.1, 0.15) is 0 Å². The van der Waals surface area contributed by atoms with Crippen LogP contribution in [0.2, 0.25) is 0 Å². The van der Waals surface area contributed by atoms with Crippen LogP contribution in [0, 0.1) is 0 Å². The van der Waals surface area contributed by atoms with E-state index in [-0.39, 0.29) is 0 Å². The van der Waals surface area contributed by atoms with Crippen molar-refractivity contribution in [3.63, 3.8) is 0 Å². The lowest BCUT2D eigenvalue weighted by molar-refractivity contribution is 1.08. The zero-order valence-corrected chi connectivity index (χ0v) is 20.2. The van der Waals surface area contributed by atoms with Crippen molar-refractivity contribution in [3.05, 3.63) is 143 Å². The van der Waals surface area contributed by atoms with E-state index in [1.807, 2.05) is 12.1 Å². The van der Waals surface area contributed by atoms with E-state index in [1.54, 1.807) is 0 Å². The molecular weight excluding hydrogens is 452 g/mol. The highest BCUT2D eigenvalue weighted by molar-refractivity contribution is 7.78. The second kappa shape index (κ2) is 11.9. The Bertz CT molecular complexity index is 1250. The summed E-state index contributed by atoms with van der Waals surface area (Å²) in [7, 11) is 0. The molecule has 0 aliphatic heterocycles. The molecule has 0 aliphatic rings. The second-order valence-corrected chi connectivity index (χ2v) is 8.06. The molecule has 0 radical (unpaired) electrons. The molecule has 4 rings (SSSR count). The van der Waals surface area contributed by atoms with E-state index in [0.717, 1.165) is 33.4 Å². The molecule has 34 heavy (non-hydrogen) atoms. The molecule has 4 aromatic carbocycles. The van der Waals surface area contributed by atoms with Gasteiger partial charge in [0.2, 0.25) is 0 Å². The Morgan fingerprint density at radius 2 is 0.794 bits per heavy atom. The maximum Gasteiger partial charge on any atom is 0.0743 e. The maximum atomic E-state index is 4.72. The molecule has 0 spiro atoms. The zero-order valence-electron chi connectivity index (χ0n) is 18.5. The van der Waals surface area contributed by atoms with E-state index in [1.165, 1.54) is 11.1 Å². The average molecular weight is 475 g/mol. The molecule has 4 aromatic rings. The van der Waals surface area contributed by atoms with Gasteiger partial charge in [0.25, 0.3) is 0 Å². The van der Waals surface area contributed by atoms with E-state index in [4.69, 9.17) is 24.4 Å². The van der Waals surface area contributed by atoms with Crippen molar-refractivity contribution in [3.8, 4) is 0 Å². The molecule has 4 heteroatoms. The van der Waals surface area contributed by atoms with E-state index in [9.17, 15) is 0 Å². The lowest BCUT2D eigenvalue weighted by atomic mass is 9.85. The summed E-state index contributed by atoms with van der Waals surface area (Å²) in [5, 5.41) is 4.88. The summed E-state index contributed by atoms with van der Waals surface area (Å²) in [5.41, 5.74) is 9.10. The van der Waals surface area contributed by atoms with Crippen LogP contribution >= 0.6 is 24.4 Å². The quantitative estimate of drug-likeness (QED) is 0.147. The SMILES string of the molecule is S=C=NCc1ccc(C(=C(c2ccccc2)c2ccc(CN=C=S)cc2)c2ccccc2)cc1. The Kier molecular flexibility index (Phi) is 8.18. The van der Waals surface area contributed by atoms with Crippen LogP contribution in [0.5, 0.6) is 0 Å². The largest absolute Gasteiger partial charge is 0.228 e. The van der Waals surface area contributed by atoms with Crippen LogP contribution < -0.4 is 0 Å². The summed E-state index contributed by atoms with van der Waals surface area (Å²) in [6.07, 6.45) is 0. The fraction of sp³-hybridized carbons (Fsp3) is 0.0667. The van der Waals surface area contributed by atoms with Gasteiger partial charge in [0.05, 0.1) is 23.4 Å². The van der Waals surface area contributed by atoms with Crippen molar-refractivity contribution in [1.29, 1.82) is 0 Å². The van der Waals surface area contributed by atoms with Gasteiger partial charge >= 0.3 is 0 Å². The fourth-order valence-corrected chi connectivity index (χ4v) is 4.05. The third-order valence-electron chi connectivity index (χ3n) is 5.51. The normalized spacial score (nSPS) is 11.1. The monoisotopic (exact) mass is 474 g/mol.